The molecule has 1 aliphatic rings. The molecular formula is C26H29F3N6O. The number of alkyl halides is 3. The van der Waals surface area contributed by atoms with E-state index in [1.165, 1.54) is 0 Å². The summed E-state index contributed by atoms with van der Waals surface area (Å²) in [6, 6.07) is 7.44. The standard InChI is InChI=1S/C26H29F3N6O/c1-3-4-5-19(16-24(30)36)18(2)6-11-23-22(26(27,28)29)17-32-25(34-23)33-20-7-9-21(10-8-20)35-14-12-31-13-15-35/h3-5,7-10,12,14,17,31H,2,6,11,13,15-16H2,1H3,(H2,30,36)(H,32,33,34)/b4-3-,19-5-. The van der Waals surface area contributed by atoms with Crippen molar-refractivity contribution in [3.05, 3.63) is 90.1 Å². The summed E-state index contributed by atoms with van der Waals surface area (Å²) in [6.07, 6.45) is 5.25. The third kappa shape index (κ3) is 7.46. The lowest BCUT2D eigenvalue weighted by Crippen LogP contribution is -2.30. The summed E-state index contributed by atoms with van der Waals surface area (Å²) in [6.45, 7) is 7.41. The summed E-state index contributed by atoms with van der Waals surface area (Å²) in [5, 5.41) is 6.10. The molecule has 0 fully saturated rings. The smallest absolute Gasteiger partial charge is 0.388 e. The molecule has 0 spiro atoms. The summed E-state index contributed by atoms with van der Waals surface area (Å²) in [5.41, 5.74) is 6.96. The van der Waals surface area contributed by atoms with Crippen LogP contribution in [0.3, 0.4) is 0 Å². The van der Waals surface area contributed by atoms with Crippen LogP contribution in [-0.4, -0.2) is 29.0 Å². The average Bonchev–Trinajstić information content (AvgIpc) is 2.85. The first-order chi connectivity index (χ1) is 17.2. The number of nitrogens with zero attached hydrogens (tertiary/aromatic N) is 3. The first-order valence-electron chi connectivity index (χ1n) is 11.4. The quantitative estimate of drug-likeness (QED) is 0.400. The Hall–Kier alpha value is -4.08. The van der Waals surface area contributed by atoms with Crippen LogP contribution in [0.15, 0.2) is 78.8 Å². The fourth-order valence-electron chi connectivity index (χ4n) is 3.60. The minimum atomic E-state index is -4.61. The van der Waals surface area contributed by atoms with Gasteiger partial charge >= 0.3 is 6.18 Å². The SMILES string of the molecule is C=C(CCc1nc(Nc2ccc(N3C=CNCC3)cc2)ncc1C(F)(F)F)/C(=C\C=C/C)CC(N)=O. The molecule has 0 unspecified atom stereocenters. The van der Waals surface area contributed by atoms with E-state index in [0.29, 0.717) is 16.8 Å². The Morgan fingerprint density at radius 3 is 2.67 bits per heavy atom. The minimum Gasteiger partial charge on any atom is -0.388 e. The molecule has 0 bridgehead atoms. The van der Waals surface area contributed by atoms with Gasteiger partial charge in [-0.1, -0.05) is 30.4 Å². The van der Waals surface area contributed by atoms with E-state index in [4.69, 9.17) is 5.73 Å². The van der Waals surface area contributed by atoms with Crippen molar-refractivity contribution < 1.29 is 18.0 Å². The van der Waals surface area contributed by atoms with Crippen LogP contribution in [0.1, 0.15) is 31.0 Å². The van der Waals surface area contributed by atoms with Gasteiger partial charge in [-0.05, 0) is 49.6 Å². The first kappa shape index (κ1) is 26.5. The Morgan fingerprint density at radius 1 is 1.31 bits per heavy atom. The predicted molar refractivity (Wildman–Crippen MR) is 135 cm³/mol. The number of hydrogen-bond donors (Lipinski definition) is 3. The van der Waals surface area contributed by atoms with Gasteiger partial charge < -0.3 is 21.3 Å². The van der Waals surface area contributed by atoms with Gasteiger partial charge in [-0.2, -0.15) is 13.2 Å². The summed E-state index contributed by atoms with van der Waals surface area (Å²) < 4.78 is 40.9. The van der Waals surface area contributed by atoms with Crippen LogP contribution in [0.4, 0.5) is 30.5 Å². The highest BCUT2D eigenvalue weighted by molar-refractivity contribution is 5.77. The van der Waals surface area contributed by atoms with Gasteiger partial charge in [-0.25, -0.2) is 9.97 Å². The molecule has 2 aromatic rings. The molecule has 0 saturated carbocycles. The van der Waals surface area contributed by atoms with Crippen LogP contribution >= 0.6 is 0 Å². The molecule has 190 valence electrons. The van der Waals surface area contributed by atoms with Crippen molar-refractivity contribution >= 4 is 23.2 Å². The van der Waals surface area contributed by atoms with E-state index in [0.717, 1.165) is 25.0 Å². The van der Waals surface area contributed by atoms with Gasteiger partial charge in [0.1, 0.15) is 0 Å². The Balaban J connectivity index is 1.77. The van der Waals surface area contributed by atoms with Crippen molar-refractivity contribution in [2.24, 2.45) is 5.73 Å². The molecule has 1 aromatic heterocycles. The molecule has 0 aliphatic carbocycles. The molecule has 1 aliphatic heterocycles. The van der Waals surface area contributed by atoms with Gasteiger partial charge in [0.05, 0.1) is 17.7 Å². The van der Waals surface area contributed by atoms with Crippen LogP contribution in [0.25, 0.3) is 0 Å². The predicted octanol–water partition coefficient (Wildman–Crippen LogP) is 4.99. The van der Waals surface area contributed by atoms with Crippen LogP contribution in [0.2, 0.25) is 0 Å². The number of aryl methyl sites for hydroxylation is 1. The first-order valence-corrected chi connectivity index (χ1v) is 11.4. The second-order valence-electron chi connectivity index (χ2n) is 8.15. The molecule has 1 amide bonds. The number of primary amides is 1. The third-order valence-corrected chi connectivity index (χ3v) is 5.47. The lowest BCUT2D eigenvalue weighted by molar-refractivity contribution is -0.138. The molecule has 4 N–H and O–H groups in total. The van der Waals surface area contributed by atoms with Gasteiger partial charge in [-0.15, -0.1) is 0 Å². The van der Waals surface area contributed by atoms with E-state index < -0.39 is 17.6 Å². The van der Waals surface area contributed by atoms with Crippen LogP contribution in [-0.2, 0) is 17.4 Å². The fourth-order valence-corrected chi connectivity index (χ4v) is 3.60. The zero-order valence-electron chi connectivity index (χ0n) is 20.0. The van der Waals surface area contributed by atoms with E-state index in [-0.39, 0.29) is 30.9 Å². The molecule has 1 aromatic carbocycles. The van der Waals surface area contributed by atoms with Crippen molar-refractivity contribution in [2.75, 3.05) is 23.3 Å². The molecule has 36 heavy (non-hydrogen) atoms. The number of aromatic nitrogens is 2. The second kappa shape index (κ2) is 12.1. The number of amides is 1. The molecule has 0 saturated heterocycles. The Bertz CT molecular complexity index is 1170. The number of nitrogens with one attached hydrogen (secondary N) is 2. The number of nitrogens with two attached hydrogens (primary N) is 1. The number of benzene rings is 1. The minimum absolute atomic E-state index is 0.0366. The fraction of sp³-hybridized carbons (Fsp3) is 0.269. The monoisotopic (exact) mass is 498 g/mol. The maximum absolute atomic E-state index is 13.6. The molecular weight excluding hydrogens is 469 g/mol. The highest BCUT2D eigenvalue weighted by Gasteiger charge is 2.35. The van der Waals surface area contributed by atoms with Crippen LogP contribution in [0.5, 0.6) is 0 Å². The number of rotatable bonds is 10. The summed E-state index contributed by atoms with van der Waals surface area (Å²) in [5.74, 6) is -0.490. The zero-order chi connectivity index (χ0) is 26.1. The van der Waals surface area contributed by atoms with E-state index in [2.05, 4.69) is 32.1 Å². The Labute approximate surface area is 208 Å². The van der Waals surface area contributed by atoms with Gasteiger partial charge in [0, 0.05) is 43.1 Å². The molecule has 2 heterocycles. The molecule has 3 rings (SSSR count). The maximum Gasteiger partial charge on any atom is 0.419 e. The van der Waals surface area contributed by atoms with Crippen molar-refractivity contribution in [3.63, 3.8) is 0 Å². The third-order valence-electron chi connectivity index (χ3n) is 5.47. The van der Waals surface area contributed by atoms with Gasteiger partial charge in [-0.3, -0.25) is 4.79 Å². The van der Waals surface area contributed by atoms with Gasteiger partial charge in [0.25, 0.3) is 0 Å². The van der Waals surface area contributed by atoms with Crippen molar-refractivity contribution in [1.82, 2.24) is 15.3 Å². The van der Waals surface area contributed by atoms with E-state index in [1.807, 2.05) is 43.6 Å². The number of carbonyl (C=O) groups excluding carboxylic acids is 1. The molecule has 7 nitrogen and oxygen atoms in total. The van der Waals surface area contributed by atoms with E-state index >= 15 is 0 Å². The number of halogens is 3. The molecule has 10 heteroatoms. The zero-order valence-corrected chi connectivity index (χ0v) is 20.0. The number of carbonyl (C=O) groups is 1. The maximum atomic E-state index is 13.6. The average molecular weight is 499 g/mol. The van der Waals surface area contributed by atoms with E-state index in [1.54, 1.807) is 18.2 Å². The Kier molecular flexibility index (Phi) is 8.88. The molecule has 0 atom stereocenters. The Morgan fingerprint density at radius 2 is 2.06 bits per heavy atom. The number of allylic oxidation sites excluding steroid dienone is 4. The number of hydrogen-bond acceptors (Lipinski definition) is 6. The highest BCUT2D eigenvalue weighted by atomic mass is 19.4. The van der Waals surface area contributed by atoms with Crippen molar-refractivity contribution in [1.29, 1.82) is 0 Å². The van der Waals surface area contributed by atoms with Crippen molar-refractivity contribution in [2.45, 2.75) is 32.4 Å². The lowest BCUT2D eigenvalue weighted by Gasteiger charge is -2.24. The lowest BCUT2D eigenvalue weighted by atomic mass is 9.97. The largest absolute Gasteiger partial charge is 0.419 e. The van der Waals surface area contributed by atoms with Crippen LogP contribution < -0.4 is 21.3 Å². The van der Waals surface area contributed by atoms with E-state index in [9.17, 15) is 18.0 Å². The summed E-state index contributed by atoms with van der Waals surface area (Å²) in [4.78, 5) is 21.5. The van der Waals surface area contributed by atoms with Gasteiger partial charge in [0.15, 0.2) is 0 Å². The summed E-state index contributed by atoms with van der Waals surface area (Å²) >= 11 is 0. The summed E-state index contributed by atoms with van der Waals surface area (Å²) in [7, 11) is 0. The number of anilines is 3. The normalized spacial score (nSPS) is 14.1. The highest BCUT2D eigenvalue weighted by Crippen LogP contribution is 2.33. The second-order valence-corrected chi connectivity index (χ2v) is 8.15. The van der Waals surface area contributed by atoms with Crippen LogP contribution in [0, 0.1) is 0 Å². The van der Waals surface area contributed by atoms with Gasteiger partial charge in [0.2, 0.25) is 11.9 Å². The molecule has 0 radical (unpaired) electrons. The van der Waals surface area contributed by atoms with Crippen molar-refractivity contribution in [3.8, 4) is 0 Å². The topological polar surface area (TPSA) is 96.2 Å².